The Morgan fingerprint density at radius 3 is 2.67 bits per heavy atom. The fraction of sp³-hybridized carbons (Fsp3) is 0. The monoisotopic (exact) mass is 299 g/mol. The number of nitrogens with two attached hydrogens (primary N) is 1. The smallest absolute Gasteiger partial charge is 0.261 e. The Labute approximate surface area is 122 Å². The lowest BCUT2D eigenvalue weighted by molar-refractivity contribution is 0.601. The highest BCUT2D eigenvalue weighted by atomic mass is 32.2. The lowest BCUT2D eigenvalue weighted by Gasteiger charge is -2.10. The van der Waals surface area contributed by atoms with Crippen molar-refractivity contribution in [3.63, 3.8) is 0 Å². The van der Waals surface area contributed by atoms with Crippen LogP contribution >= 0.6 is 0 Å². The van der Waals surface area contributed by atoms with Gasteiger partial charge in [-0.3, -0.25) is 9.71 Å². The fourth-order valence-corrected chi connectivity index (χ4v) is 3.22. The van der Waals surface area contributed by atoms with Crippen molar-refractivity contribution in [2.24, 2.45) is 0 Å². The van der Waals surface area contributed by atoms with Crippen LogP contribution in [0.4, 0.5) is 11.4 Å². The highest BCUT2D eigenvalue weighted by molar-refractivity contribution is 7.92. The molecule has 0 bridgehead atoms. The number of benzene rings is 2. The molecule has 0 saturated carbocycles. The van der Waals surface area contributed by atoms with Crippen molar-refractivity contribution in [1.29, 1.82) is 0 Å². The van der Waals surface area contributed by atoms with E-state index in [0.717, 1.165) is 10.8 Å². The predicted octanol–water partition coefficient (Wildman–Crippen LogP) is 2.62. The predicted molar refractivity (Wildman–Crippen MR) is 83.4 cm³/mol. The van der Waals surface area contributed by atoms with Crippen molar-refractivity contribution < 1.29 is 8.42 Å². The van der Waals surface area contributed by atoms with E-state index in [1.807, 2.05) is 12.1 Å². The van der Waals surface area contributed by atoms with Gasteiger partial charge in [0.25, 0.3) is 10.0 Å². The van der Waals surface area contributed by atoms with E-state index in [9.17, 15) is 8.42 Å². The van der Waals surface area contributed by atoms with E-state index < -0.39 is 10.0 Å². The number of hydrogen-bond donors (Lipinski definition) is 2. The van der Waals surface area contributed by atoms with Gasteiger partial charge in [0, 0.05) is 23.5 Å². The van der Waals surface area contributed by atoms with Crippen LogP contribution in [0.5, 0.6) is 0 Å². The second-order valence-electron chi connectivity index (χ2n) is 4.58. The van der Waals surface area contributed by atoms with Gasteiger partial charge in [-0.05, 0) is 35.7 Å². The molecule has 3 rings (SSSR count). The lowest BCUT2D eigenvalue weighted by atomic mass is 10.1. The van der Waals surface area contributed by atoms with Crippen LogP contribution in [-0.4, -0.2) is 13.4 Å². The third-order valence-electron chi connectivity index (χ3n) is 3.10. The minimum absolute atomic E-state index is 0.128. The molecule has 2 aromatic carbocycles. The number of nitrogens with zero attached hydrogens (tertiary/aromatic N) is 1. The van der Waals surface area contributed by atoms with E-state index in [-0.39, 0.29) is 4.90 Å². The summed E-state index contributed by atoms with van der Waals surface area (Å²) in [7, 11) is -3.69. The first kappa shape index (κ1) is 13.4. The Morgan fingerprint density at radius 2 is 1.86 bits per heavy atom. The molecule has 0 saturated heterocycles. The van der Waals surface area contributed by atoms with Crippen molar-refractivity contribution in [3.05, 3.63) is 60.9 Å². The SMILES string of the molecule is Nc1cccc(S(=O)(=O)Nc2cccc3ccncc23)c1. The second-order valence-corrected chi connectivity index (χ2v) is 6.26. The molecule has 6 heteroatoms. The van der Waals surface area contributed by atoms with Crippen molar-refractivity contribution >= 4 is 32.2 Å². The number of nitrogen functional groups attached to an aromatic ring is 1. The van der Waals surface area contributed by atoms with Gasteiger partial charge in [0.15, 0.2) is 0 Å². The molecule has 3 aromatic rings. The largest absolute Gasteiger partial charge is 0.399 e. The van der Waals surface area contributed by atoms with Crippen LogP contribution in [0.2, 0.25) is 0 Å². The molecule has 21 heavy (non-hydrogen) atoms. The van der Waals surface area contributed by atoms with Gasteiger partial charge in [0.05, 0.1) is 10.6 Å². The molecule has 1 aromatic heterocycles. The fourth-order valence-electron chi connectivity index (χ4n) is 2.09. The first-order valence-electron chi connectivity index (χ1n) is 6.27. The molecule has 0 aliphatic carbocycles. The van der Waals surface area contributed by atoms with Crippen molar-refractivity contribution in [1.82, 2.24) is 4.98 Å². The molecule has 0 radical (unpaired) electrons. The number of pyridine rings is 1. The van der Waals surface area contributed by atoms with Crippen molar-refractivity contribution in [2.75, 3.05) is 10.5 Å². The normalized spacial score (nSPS) is 11.4. The molecular formula is C15H13N3O2S. The standard InChI is InChI=1S/C15H13N3O2S/c16-12-4-2-5-13(9-12)21(19,20)18-15-6-1-3-11-7-8-17-10-14(11)15/h1-10,18H,16H2. The number of nitrogens with one attached hydrogen (secondary N) is 1. The average Bonchev–Trinajstić information content (AvgIpc) is 2.47. The maximum Gasteiger partial charge on any atom is 0.261 e. The molecule has 5 nitrogen and oxygen atoms in total. The van der Waals surface area contributed by atoms with Crippen LogP contribution < -0.4 is 10.5 Å². The van der Waals surface area contributed by atoms with E-state index in [4.69, 9.17) is 5.73 Å². The van der Waals surface area contributed by atoms with Gasteiger partial charge in [0.2, 0.25) is 0 Å². The summed E-state index contributed by atoms with van der Waals surface area (Å²) < 4.78 is 27.4. The Bertz CT molecular complexity index is 902. The molecule has 0 aliphatic heterocycles. The van der Waals surface area contributed by atoms with Gasteiger partial charge in [-0.2, -0.15) is 0 Å². The van der Waals surface area contributed by atoms with Gasteiger partial charge >= 0.3 is 0 Å². The molecule has 0 amide bonds. The zero-order valence-electron chi connectivity index (χ0n) is 11.0. The summed E-state index contributed by atoms with van der Waals surface area (Å²) in [4.78, 5) is 4.16. The maximum absolute atomic E-state index is 12.4. The number of aromatic nitrogens is 1. The molecule has 106 valence electrons. The highest BCUT2D eigenvalue weighted by Gasteiger charge is 2.15. The zero-order valence-corrected chi connectivity index (χ0v) is 11.8. The van der Waals surface area contributed by atoms with Gasteiger partial charge in [-0.15, -0.1) is 0 Å². The van der Waals surface area contributed by atoms with E-state index in [0.29, 0.717) is 11.4 Å². The summed E-state index contributed by atoms with van der Waals surface area (Å²) in [6.07, 6.45) is 3.30. The molecule has 0 spiro atoms. The number of hydrogen-bond acceptors (Lipinski definition) is 4. The maximum atomic E-state index is 12.4. The molecule has 1 heterocycles. The minimum atomic E-state index is -3.69. The van der Waals surface area contributed by atoms with Crippen molar-refractivity contribution in [2.45, 2.75) is 4.90 Å². The Morgan fingerprint density at radius 1 is 1.05 bits per heavy atom. The summed E-state index contributed by atoms with van der Waals surface area (Å²) in [6.45, 7) is 0. The summed E-state index contributed by atoms with van der Waals surface area (Å²) in [5, 5.41) is 1.66. The Hall–Kier alpha value is -2.60. The van der Waals surface area contributed by atoms with E-state index >= 15 is 0 Å². The highest BCUT2D eigenvalue weighted by Crippen LogP contribution is 2.25. The van der Waals surface area contributed by atoms with Crippen LogP contribution in [0.3, 0.4) is 0 Å². The van der Waals surface area contributed by atoms with Gasteiger partial charge in [-0.25, -0.2) is 8.42 Å². The first-order chi connectivity index (χ1) is 10.1. The van der Waals surface area contributed by atoms with Gasteiger partial charge in [-0.1, -0.05) is 18.2 Å². The van der Waals surface area contributed by atoms with Crippen LogP contribution in [0, 0.1) is 0 Å². The molecule has 0 unspecified atom stereocenters. The number of sulfonamides is 1. The average molecular weight is 299 g/mol. The summed E-state index contributed by atoms with van der Waals surface area (Å²) >= 11 is 0. The number of rotatable bonds is 3. The molecule has 0 aliphatic rings. The third kappa shape index (κ3) is 2.66. The van der Waals surface area contributed by atoms with Crippen LogP contribution in [0.1, 0.15) is 0 Å². The van der Waals surface area contributed by atoms with E-state index in [1.165, 1.54) is 12.1 Å². The summed E-state index contributed by atoms with van der Waals surface area (Å²) in [5.41, 5.74) is 6.53. The van der Waals surface area contributed by atoms with Crippen LogP contribution in [-0.2, 0) is 10.0 Å². The Kier molecular flexibility index (Phi) is 3.23. The van der Waals surface area contributed by atoms with Gasteiger partial charge in [0.1, 0.15) is 0 Å². The number of anilines is 2. The Balaban J connectivity index is 2.06. The molecule has 0 fully saturated rings. The molecular weight excluding hydrogens is 286 g/mol. The number of fused-ring (bicyclic) bond motifs is 1. The second kappa shape index (κ2) is 5.06. The molecule has 3 N–H and O–H groups in total. The van der Waals surface area contributed by atoms with E-state index in [2.05, 4.69) is 9.71 Å². The van der Waals surface area contributed by atoms with Gasteiger partial charge < -0.3 is 5.73 Å². The minimum Gasteiger partial charge on any atom is -0.399 e. The third-order valence-corrected chi connectivity index (χ3v) is 4.46. The lowest BCUT2D eigenvalue weighted by Crippen LogP contribution is -2.13. The molecule has 0 atom stereocenters. The zero-order chi connectivity index (χ0) is 14.9. The summed E-state index contributed by atoms with van der Waals surface area (Å²) in [5.74, 6) is 0. The topological polar surface area (TPSA) is 85.1 Å². The van der Waals surface area contributed by atoms with Crippen LogP contribution in [0.15, 0.2) is 65.8 Å². The first-order valence-corrected chi connectivity index (χ1v) is 7.76. The quantitative estimate of drug-likeness (QED) is 0.728. The summed E-state index contributed by atoms with van der Waals surface area (Å²) in [6, 6.07) is 13.4. The van der Waals surface area contributed by atoms with Crippen LogP contribution in [0.25, 0.3) is 10.8 Å². The van der Waals surface area contributed by atoms with E-state index in [1.54, 1.807) is 36.7 Å². The van der Waals surface area contributed by atoms with Crippen molar-refractivity contribution in [3.8, 4) is 0 Å².